The van der Waals surface area contributed by atoms with E-state index in [4.69, 9.17) is 28.4 Å². The number of carbonyl (C=O) groups is 1. The van der Waals surface area contributed by atoms with Gasteiger partial charge in [-0.3, -0.25) is 4.79 Å². The van der Waals surface area contributed by atoms with Gasteiger partial charge in [-0.25, -0.2) is 0 Å². The number of hydrogen-bond donors (Lipinski definition) is 12. The molecule has 0 aromatic rings. The van der Waals surface area contributed by atoms with Gasteiger partial charge in [-0.2, -0.15) is 0 Å². The van der Waals surface area contributed by atoms with Gasteiger partial charge in [-0.1, -0.05) is 338 Å². The first-order chi connectivity index (χ1) is 52.3. The van der Waals surface area contributed by atoms with E-state index in [0.29, 0.717) is 12.8 Å². The van der Waals surface area contributed by atoms with Crippen LogP contribution in [0.4, 0.5) is 0 Å². The average molecular weight is 1520 g/mol. The second-order valence-corrected chi connectivity index (χ2v) is 31.3. The molecule has 0 aromatic heterocycles. The van der Waals surface area contributed by atoms with E-state index < -0.39 is 124 Å². The van der Waals surface area contributed by atoms with Crippen LogP contribution in [0, 0.1) is 0 Å². The molecule has 1 amide bonds. The molecule has 0 bridgehead atoms. The zero-order valence-corrected chi connectivity index (χ0v) is 67.4. The second kappa shape index (κ2) is 67.9. The number of allylic oxidation sites excluding steroid dienone is 9. The van der Waals surface area contributed by atoms with Crippen LogP contribution in [-0.4, -0.2) is 193 Å². The Bertz CT molecular complexity index is 2160. The molecule has 3 heterocycles. The molecule has 12 N–H and O–H groups in total. The number of carbonyl (C=O) groups excluding carboxylic acids is 1. The van der Waals surface area contributed by atoms with E-state index in [1.165, 1.54) is 276 Å². The summed E-state index contributed by atoms with van der Waals surface area (Å²) in [5.74, 6) is -0.284. The minimum Gasteiger partial charge on any atom is -0.394 e. The van der Waals surface area contributed by atoms with E-state index in [0.717, 1.165) is 51.4 Å². The fraction of sp³-hybridized carbons (Fsp3) is 0.875. The van der Waals surface area contributed by atoms with Crippen molar-refractivity contribution in [1.29, 1.82) is 0 Å². The van der Waals surface area contributed by atoms with Crippen LogP contribution in [0.3, 0.4) is 0 Å². The molecule has 0 aliphatic carbocycles. The number of nitrogens with one attached hydrogen (secondary N) is 1. The predicted molar refractivity (Wildman–Crippen MR) is 429 cm³/mol. The van der Waals surface area contributed by atoms with Crippen LogP contribution in [0.15, 0.2) is 60.8 Å². The Balaban J connectivity index is 1.36. The van der Waals surface area contributed by atoms with Crippen molar-refractivity contribution >= 4 is 5.91 Å². The normalized spacial score (nSPS) is 25.8. The van der Waals surface area contributed by atoms with Crippen LogP contribution in [0.5, 0.6) is 0 Å². The summed E-state index contributed by atoms with van der Waals surface area (Å²) in [6.07, 6.45) is 62.3. The van der Waals surface area contributed by atoms with Gasteiger partial charge < -0.3 is 89.9 Å². The number of amides is 1. The van der Waals surface area contributed by atoms with Crippen LogP contribution >= 0.6 is 0 Å². The fourth-order valence-electron chi connectivity index (χ4n) is 14.7. The lowest BCUT2D eigenvalue weighted by molar-refractivity contribution is -0.379. The number of hydrogen-bond acceptors (Lipinski definition) is 18. The summed E-state index contributed by atoms with van der Waals surface area (Å²) in [6.45, 7) is 1.75. The van der Waals surface area contributed by atoms with Crippen molar-refractivity contribution in [2.24, 2.45) is 0 Å². The number of ether oxygens (including phenoxy) is 6. The Labute approximate surface area is 649 Å². The number of unbranched alkanes of at least 4 members (excludes halogenated alkanes) is 47. The van der Waals surface area contributed by atoms with Gasteiger partial charge >= 0.3 is 0 Å². The highest BCUT2D eigenvalue weighted by atomic mass is 16.8. The highest BCUT2D eigenvalue weighted by Crippen LogP contribution is 2.33. The molecule has 3 fully saturated rings. The van der Waals surface area contributed by atoms with E-state index in [9.17, 15) is 61.0 Å². The first kappa shape index (κ1) is 98.7. The largest absolute Gasteiger partial charge is 0.394 e. The van der Waals surface area contributed by atoms with E-state index in [2.05, 4.69) is 67.8 Å². The third kappa shape index (κ3) is 47.1. The summed E-state index contributed by atoms with van der Waals surface area (Å²) in [5, 5.41) is 121. The van der Waals surface area contributed by atoms with Crippen molar-refractivity contribution in [3.8, 4) is 0 Å². The van der Waals surface area contributed by atoms with Crippen LogP contribution in [0.25, 0.3) is 0 Å². The highest BCUT2D eigenvalue weighted by molar-refractivity contribution is 5.76. The molecule has 3 saturated heterocycles. The summed E-state index contributed by atoms with van der Waals surface area (Å²) in [4.78, 5) is 13.5. The second-order valence-electron chi connectivity index (χ2n) is 31.3. The van der Waals surface area contributed by atoms with Crippen LogP contribution in [-0.2, 0) is 33.2 Å². The molecule has 3 aliphatic rings. The van der Waals surface area contributed by atoms with Crippen molar-refractivity contribution in [2.45, 2.75) is 465 Å². The summed E-state index contributed by atoms with van der Waals surface area (Å²) >= 11 is 0. The van der Waals surface area contributed by atoms with Crippen molar-refractivity contribution in [3.05, 3.63) is 60.8 Å². The van der Waals surface area contributed by atoms with Gasteiger partial charge in [0.25, 0.3) is 0 Å². The molecular formula is C88H161NO18. The lowest BCUT2D eigenvalue weighted by Crippen LogP contribution is -2.66. The SMILES string of the molecule is CCCCCCC/C=C\C/C=C\CCCCCCCCCCCCCCCCCCCCCC(=O)NC(COC1OC(CO)C(OC2OC(CO)C(OC3OC(CO)C(O)C(O)C3O)C(O)C2O)C(O)C1O)C(O)/C=C/CC/C=C/CC/C=C/CCCCCCCCCCCCCCCCCCCCCCC. The van der Waals surface area contributed by atoms with Crippen molar-refractivity contribution < 1.29 is 89.4 Å². The Morgan fingerprint density at radius 1 is 0.336 bits per heavy atom. The molecule has 3 aliphatic heterocycles. The van der Waals surface area contributed by atoms with Gasteiger partial charge in [0.15, 0.2) is 18.9 Å². The molecule has 0 saturated carbocycles. The maximum atomic E-state index is 13.5. The van der Waals surface area contributed by atoms with Crippen molar-refractivity contribution in [3.63, 3.8) is 0 Å². The number of aliphatic hydroxyl groups is 11. The third-order valence-electron chi connectivity index (χ3n) is 21.8. The first-order valence-corrected chi connectivity index (χ1v) is 44.0. The monoisotopic (exact) mass is 1520 g/mol. The lowest BCUT2D eigenvalue weighted by Gasteiger charge is -2.48. The van der Waals surface area contributed by atoms with Crippen LogP contribution in [0.1, 0.15) is 361 Å². The fourth-order valence-corrected chi connectivity index (χ4v) is 14.7. The Kier molecular flexibility index (Phi) is 62.7. The molecule has 19 nitrogen and oxygen atoms in total. The topological polar surface area (TPSA) is 307 Å². The van der Waals surface area contributed by atoms with Gasteiger partial charge in [0, 0.05) is 6.42 Å². The summed E-state index contributed by atoms with van der Waals surface area (Å²) in [6, 6.07) is -1.000. The molecule has 19 heteroatoms. The molecule has 0 aromatic carbocycles. The molecule has 0 spiro atoms. The Morgan fingerprint density at radius 2 is 0.626 bits per heavy atom. The van der Waals surface area contributed by atoms with Crippen LogP contribution < -0.4 is 5.32 Å². The summed E-state index contributed by atoms with van der Waals surface area (Å²) in [7, 11) is 0. The lowest BCUT2D eigenvalue weighted by atomic mass is 9.96. The summed E-state index contributed by atoms with van der Waals surface area (Å²) in [5.41, 5.74) is 0. The average Bonchev–Trinajstić information content (AvgIpc) is 0.780. The van der Waals surface area contributed by atoms with Gasteiger partial charge in [-0.05, 0) is 77.0 Å². The van der Waals surface area contributed by atoms with E-state index >= 15 is 0 Å². The molecule has 107 heavy (non-hydrogen) atoms. The number of rotatable bonds is 71. The maximum Gasteiger partial charge on any atom is 0.220 e. The third-order valence-corrected chi connectivity index (χ3v) is 21.8. The molecular weight excluding hydrogens is 1360 g/mol. The minimum absolute atomic E-state index is 0.233. The highest BCUT2D eigenvalue weighted by Gasteiger charge is 2.54. The van der Waals surface area contributed by atoms with Crippen LogP contribution in [0.2, 0.25) is 0 Å². The van der Waals surface area contributed by atoms with E-state index in [1.807, 2.05) is 6.08 Å². The molecule has 0 radical (unpaired) electrons. The van der Waals surface area contributed by atoms with E-state index in [-0.39, 0.29) is 18.9 Å². The predicted octanol–water partition coefficient (Wildman–Crippen LogP) is 16.2. The standard InChI is InChI=1S/C88H161NO18/c1-3-5-7-9-11-13-15-17-19-21-23-25-27-29-31-33-35-37-39-41-43-45-47-49-51-53-55-57-59-61-63-65-72(93)71(89-76(94)66-64-62-60-58-56-54-52-50-48-46-44-42-40-38-36-34-32-30-28-26-24-22-20-18-16-14-12-10-8-6-4-2)70-102-86-82(100)79(97)84(74(68-91)104-86)107-88-83(101)80(98)85(75(69-92)105-88)106-87-81(99)78(96)77(95)73(67-90)103-87/h16,18,22,24,47,49,55,57,63,65,71-75,77-88,90-93,95-101H,3-15,17,19-21,23,25-46,48,50-54,56,58-62,64,66-70H2,1-2H3,(H,89,94)/b18-16-,24-22-,49-47+,57-55+,65-63+. The molecule has 3 rings (SSSR count). The van der Waals surface area contributed by atoms with Crippen molar-refractivity contribution in [1.82, 2.24) is 5.32 Å². The van der Waals surface area contributed by atoms with Gasteiger partial charge in [0.05, 0.1) is 38.6 Å². The zero-order valence-electron chi connectivity index (χ0n) is 67.4. The first-order valence-electron chi connectivity index (χ1n) is 44.0. The van der Waals surface area contributed by atoms with E-state index in [1.54, 1.807) is 6.08 Å². The van der Waals surface area contributed by atoms with Gasteiger partial charge in [0.1, 0.15) is 73.2 Å². The minimum atomic E-state index is -1.98. The summed E-state index contributed by atoms with van der Waals surface area (Å²) < 4.78 is 34.5. The smallest absolute Gasteiger partial charge is 0.220 e. The van der Waals surface area contributed by atoms with Gasteiger partial charge in [-0.15, -0.1) is 0 Å². The molecule has 17 atom stereocenters. The Hall–Kier alpha value is -2.51. The molecule has 626 valence electrons. The van der Waals surface area contributed by atoms with Gasteiger partial charge in [0.2, 0.25) is 5.91 Å². The quantitative estimate of drug-likeness (QED) is 0.0199. The van der Waals surface area contributed by atoms with Crippen molar-refractivity contribution in [2.75, 3.05) is 26.4 Å². The maximum absolute atomic E-state index is 13.5. The molecule has 17 unspecified atom stereocenters. The zero-order chi connectivity index (χ0) is 77.4. The Morgan fingerprint density at radius 3 is 0.991 bits per heavy atom. The number of aliphatic hydroxyl groups excluding tert-OH is 11.